The standard InChI is InChI=1S/C24H32N4O3/c1-31-18-20-9-12-26(13-10-20)24(30)21-8-5-11-27(17-21)22-14-23(29)28(25-15-22)16-19-6-3-2-4-7-19/h2-4,6-7,14-15,20-21H,5,8-13,16-18H2,1H3/t21-/m0/s1. The number of likely N-dealkylation sites (tertiary alicyclic amines) is 1. The van der Waals surface area contributed by atoms with E-state index >= 15 is 0 Å². The maximum atomic E-state index is 13.1. The molecular formula is C24H32N4O3. The van der Waals surface area contributed by atoms with Gasteiger partial charge in [-0.25, -0.2) is 4.68 Å². The van der Waals surface area contributed by atoms with Crippen LogP contribution in [0.3, 0.4) is 0 Å². The lowest BCUT2D eigenvalue weighted by atomic mass is 9.93. The molecule has 0 unspecified atom stereocenters. The summed E-state index contributed by atoms with van der Waals surface area (Å²) in [6, 6.07) is 11.5. The van der Waals surface area contributed by atoms with Gasteiger partial charge in [0.15, 0.2) is 0 Å². The number of carbonyl (C=O) groups is 1. The van der Waals surface area contributed by atoms with Gasteiger partial charge in [-0.05, 0) is 37.2 Å². The highest BCUT2D eigenvalue weighted by Gasteiger charge is 2.31. The number of carbonyl (C=O) groups excluding carboxylic acids is 1. The number of anilines is 1. The van der Waals surface area contributed by atoms with Crippen molar-refractivity contribution in [2.75, 3.05) is 44.8 Å². The minimum absolute atomic E-state index is 0.0144. The Morgan fingerprint density at radius 2 is 1.90 bits per heavy atom. The quantitative estimate of drug-likeness (QED) is 0.712. The molecule has 1 atom stereocenters. The number of nitrogens with zero attached hydrogens (tertiary/aromatic N) is 4. The van der Waals surface area contributed by atoms with Gasteiger partial charge in [0.2, 0.25) is 5.91 Å². The van der Waals surface area contributed by atoms with E-state index in [4.69, 9.17) is 4.74 Å². The molecule has 1 amide bonds. The molecule has 0 spiro atoms. The Hall–Kier alpha value is -2.67. The molecule has 1 aromatic heterocycles. The number of hydrogen-bond donors (Lipinski definition) is 0. The smallest absolute Gasteiger partial charge is 0.269 e. The monoisotopic (exact) mass is 424 g/mol. The van der Waals surface area contributed by atoms with Crippen LogP contribution in [-0.2, 0) is 16.1 Å². The predicted octanol–water partition coefficient (Wildman–Crippen LogP) is 2.39. The fourth-order valence-corrected chi connectivity index (χ4v) is 4.70. The number of rotatable bonds is 6. The van der Waals surface area contributed by atoms with E-state index in [1.165, 1.54) is 4.68 Å². The van der Waals surface area contributed by atoms with Gasteiger partial charge in [0.1, 0.15) is 0 Å². The Morgan fingerprint density at radius 1 is 1.13 bits per heavy atom. The third-order valence-corrected chi connectivity index (χ3v) is 6.49. The van der Waals surface area contributed by atoms with Gasteiger partial charge in [-0.2, -0.15) is 5.10 Å². The number of benzene rings is 1. The van der Waals surface area contributed by atoms with Crippen molar-refractivity contribution >= 4 is 11.6 Å². The van der Waals surface area contributed by atoms with Crippen LogP contribution in [0.2, 0.25) is 0 Å². The molecule has 2 aliphatic rings. The van der Waals surface area contributed by atoms with Gasteiger partial charge in [0.05, 0.1) is 24.3 Å². The van der Waals surface area contributed by atoms with Crippen molar-refractivity contribution in [2.24, 2.45) is 11.8 Å². The molecule has 31 heavy (non-hydrogen) atoms. The Labute approximate surface area is 183 Å². The Bertz CT molecular complexity index is 922. The maximum absolute atomic E-state index is 13.1. The maximum Gasteiger partial charge on any atom is 0.269 e. The number of hydrogen-bond acceptors (Lipinski definition) is 5. The summed E-state index contributed by atoms with van der Waals surface area (Å²) in [7, 11) is 1.74. The van der Waals surface area contributed by atoms with Crippen LogP contribution in [0.25, 0.3) is 0 Å². The van der Waals surface area contributed by atoms with Gasteiger partial charge in [-0.15, -0.1) is 0 Å². The van der Waals surface area contributed by atoms with Crippen molar-refractivity contribution < 1.29 is 9.53 Å². The van der Waals surface area contributed by atoms with Gasteiger partial charge >= 0.3 is 0 Å². The van der Waals surface area contributed by atoms with Crippen molar-refractivity contribution in [3.05, 3.63) is 58.5 Å². The molecule has 0 aliphatic carbocycles. The second kappa shape index (κ2) is 10.1. The van der Waals surface area contributed by atoms with E-state index in [-0.39, 0.29) is 17.4 Å². The van der Waals surface area contributed by atoms with Crippen molar-refractivity contribution in [2.45, 2.75) is 32.2 Å². The van der Waals surface area contributed by atoms with Gasteiger partial charge in [-0.3, -0.25) is 9.59 Å². The van der Waals surface area contributed by atoms with Crippen molar-refractivity contribution in [3.63, 3.8) is 0 Å². The second-order valence-electron chi connectivity index (χ2n) is 8.70. The van der Waals surface area contributed by atoms with Crippen molar-refractivity contribution in [1.82, 2.24) is 14.7 Å². The molecule has 166 valence electrons. The molecule has 2 saturated heterocycles. The number of piperidine rings is 2. The SMILES string of the molecule is COCC1CCN(C(=O)[C@H]2CCCN(c3cnn(Cc4ccccc4)c(=O)c3)C2)CC1. The summed E-state index contributed by atoms with van der Waals surface area (Å²) in [5, 5.41) is 4.39. The van der Waals surface area contributed by atoms with Gasteiger partial charge < -0.3 is 14.5 Å². The Balaban J connectivity index is 1.37. The van der Waals surface area contributed by atoms with E-state index in [1.54, 1.807) is 19.4 Å². The molecule has 7 nitrogen and oxygen atoms in total. The fraction of sp³-hybridized carbons (Fsp3) is 0.542. The van der Waals surface area contributed by atoms with E-state index in [0.717, 1.165) is 63.2 Å². The van der Waals surface area contributed by atoms with E-state index in [0.29, 0.717) is 19.0 Å². The van der Waals surface area contributed by atoms with Crippen molar-refractivity contribution in [1.29, 1.82) is 0 Å². The molecular weight excluding hydrogens is 392 g/mol. The Morgan fingerprint density at radius 3 is 2.61 bits per heavy atom. The van der Waals surface area contributed by atoms with Crippen LogP contribution in [0.5, 0.6) is 0 Å². The molecule has 0 bridgehead atoms. The highest BCUT2D eigenvalue weighted by Crippen LogP contribution is 2.25. The molecule has 2 aliphatic heterocycles. The number of methoxy groups -OCH3 is 1. The summed E-state index contributed by atoms with van der Waals surface area (Å²) in [4.78, 5) is 29.9. The Kier molecular flexibility index (Phi) is 7.02. The summed E-state index contributed by atoms with van der Waals surface area (Å²) in [6.45, 7) is 4.38. The van der Waals surface area contributed by atoms with Crippen LogP contribution < -0.4 is 10.5 Å². The lowest BCUT2D eigenvalue weighted by molar-refractivity contribution is -0.137. The van der Waals surface area contributed by atoms with E-state index in [2.05, 4.69) is 10.00 Å². The zero-order chi connectivity index (χ0) is 21.6. The average Bonchev–Trinajstić information content (AvgIpc) is 2.81. The van der Waals surface area contributed by atoms with Crippen molar-refractivity contribution in [3.8, 4) is 0 Å². The minimum atomic E-state index is -0.116. The first-order valence-corrected chi connectivity index (χ1v) is 11.3. The van der Waals surface area contributed by atoms with E-state index < -0.39 is 0 Å². The molecule has 2 aromatic rings. The van der Waals surface area contributed by atoms with E-state index in [9.17, 15) is 9.59 Å². The normalized spacial score (nSPS) is 20.1. The first-order chi connectivity index (χ1) is 15.1. The van der Waals surface area contributed by atoms with Crippen LogP contribution in [0.1, 0.15) is 31.2 Å². The molecule has 0 radical (unpaired) electrons. The zero-order valence-corrected chi connectivity index (χ0v) is 18.3. The van der Waals surface area contributed by atoms with Crippen LogP contribution in [-0.4, -0.2) is 60.5 Å². The minimum Gasteiger partial charge on any atom is -0.384 e. The van der Waals surface area contributed by atoms with Crippen LogP contribution in [0.4, 0.5) is 5.69 Å². The summed E-state index contributed by atoms with van der Waals surface area (Å²) in [6.07, 6.45) is 5.64. The first kappa shape index (κ1) is 21.6. The number of amides is 1. The molecule has 0 saturated carbocycles. The third-order valence-electron chi connectivity index (χ3n) is 6.49. The number of ether oxygens (including phenoxy) is 1. The highest BCUT2D eigenvalue weighted by molar-refractivity contribution is 5.80. The van der Waals surface area contributed by atoms with Crippen LogP contribution in [0.15, 0.2) is 47.4 Å². The fourth-order valence-electron chi connectivity index (χ4n) is 4.70. The van der Waals surface area contributed by atoms with Crippen LogP contribution in [0, 0.1) is 11.8 Å². The van der Waals surface area contributed by atoms with Crippen LogP contribution >= 0.6 is 0 Å². The molecule has 2 fully saturated rings. The van der Waals surface area contributed by atoms with Gasteiger partial charge in [0.25, 0.3) is 5.56 Å². The molecule has 7 heteroatoms. The summed E-state index contributed by atoms with van der Waals surface area (Å²) in [5.41, 5.74) is 1.74. The number of aromatic nitrogens is 2. The molecule has 4 rings (SSSR count). The molecule has 0 N–H and O–H groups in total. The topological polar surface area (TPSA) is 67.7 Å². The lowest BCUT2D eigenvalue weighted by Gasteiger charge is -2.38. The molecule has 1 aromatic carbocycles. The van der Waals surface area contributed by atoms with Gasteiger partial charge in [-0.1, -0.05) is 30.3 Å². The highest BCUT2D eigenvalue weighted by atomic mass is 16.5. The predicted molar refractivity (Wildman–Crippen MR) is 120 cm³/mol. The third kappa shape index (κ3) is 5.34. The second-order valence-corrected chi connectivity index (χ2v) is 8.70. The zero-order valence-electron chi connectivity index (χ0n) is 18.3. The van der Waals surface area contributed by atoms with E-state index in [1.807, 2.05) is 35.2 Å². The summed E-state index contributed by atoms with van der Waals surface area (Å²) >= 11 is 0. The largest absolute Gasteiger partial charge is 0.384 e. The van der Waals surface area contributed by atoms with Gasteiger partial charge in [0, 0.05) is 46.0 Å². The summed E-state index contributed by atoms with van der Waals surface area (Å²) in [5.74, 6) is 0.802. The lowest BCUT2D eigenvalue weighted by Crippen LogP contribution is -2.47. The first-order valence-electron chi connectivity index (χ1n) is 11.3. The average molecular weight is 425 g/mol. The molecule has 3 heterocycles. The summed E-state index contributed by atoms with van der Waals surface area (Å²) < 4.78 is 6.75.